The average Bonchev–Trinajstić information content (AvgIpc) is 2.50. The van der Waals surface area contributed by atoms with Crippen molar-refractivity contribution in [3.63, 3.8) is 0 Å². The van der Waals surface area contributed by atoms with Crippen LogP contribution in [0.2, 0.25) is 10.0 Å². The molecule has 4 nitrogen and oxygen atoms in total. The molecule has 0 radical (unpaired) electrons. The number of carbonyl (C=O) groups is 1. The van der Waals surface area contributed by atoms with Crippen LogP contribution in [0.4, 0.5) is 5.69 Å². The molecule has 0 fully saturated rings. The SMILES string of the molecule is Cc1cccc(C)c1OCCCNc1c(Cl)cc(Cl)cc1C(=O)O. The number of carboxylic acids is 1. The highest BCUT2D eigenvalue weighted by Gasteiger charge is 2.14. The second-order valence-electron chi connectivity index (χ2n) is 5.47. The van der Waals surface area contributed by atoms with Crippen molar-refractivity contribution in [2.75, 3.05) is 18.5 Å². The summed E-state index contributed by atoms with van der Waals surface area (Å²) in [5, 5.41) is 12.9. The number of carboxylic acid groups (broad SMARTS) is 1. The second-order valence-corrected chi connectivity index (χ2v) is 6.31. The first kappa shape index (κ1) is 18.4. The summed E-state index contributed by atoms with van der Waals surface area (Å²) in [7, 11) is 0. The standard InChI is InChI=1S/C18H19Cl2NO3/c1-11-5-3-6-12(2)17(11)24-8-4-7-21-16-14(18(22)23)9-13(19)10-15(16)20/h3,5-6,9-10,21H,4,7-8H2,1-2H3,(H,22,23). The summed E-state index contributed by atoms with van der Waals surface area (Å²) in [6, 6.07) is 8.91. The van der Waals surface area contributed by atoms with Crippen LogP contribution in [0.15, 0.2) is 30.3 Å². The van der Waals surface area contributed by atoms with E-state index in [-0.39, 0.29) is 10.6 Å². The van der Waals surface area contributed by atoms with E-state index in [1.807, 2.05) is 32.0 Å². The molecule has 0 aliphatic heterocycles. The minimum Gasteiger partial charge on any atom is -0.493 e. The zero-order valence-corrected chi connectivity index (χ0v) is 15.0. The van der Waals surface area contributed by atoms with Crippen molar-refractivity contribution in [2.45, 2.75) is 20.3 Å². The predicted octanol–water partition coefficient (Wildman–Crippen LogP) is 5.19. The van der Waals surface area contributed by atoms with E-state index in [4.69, 9.17) is 27.9 Å². The van der Waals surface area contributed by atoms with Crippen molar-refractivity contribution in [3.05, 3.63) is 57.1 Å². The number of anilines is 1. The van der Waals surface area contributed by atoms with E-state index >= 15 is 0 Å². The lowest BCUT2D eigenvalue weighted by molar-refractivity contribution is 0.0698. The molecule has 2 rings (SSSR count). The Morgan fingerprint density at radius 3 is 2.50 bits per heavy atom. The van der Waals surface area contributed by atoms with Crippen molar-refractivity contribution in [1.29, 1.82) is 0 Å². The third-order valence-electron chi connectivity index (χ3n) is 3.56. The molecule has 0 aliphatic rings. The number of benzene rings is 2. The fourth-order valence-corrected chi connectivity index (χ4v) is 2.97. The molecule has 2 aromatic rings. The lowest BCUT2D eigenvalue weighted by atomic mass is 10.1. The van der Waals surface area contributed by atoms with Gasteiger partial charge < -0.3 is 15.2 Å². The zero-order chi connectivity index (χ0) is 17.7. The number of ether oxygens (including phenoxy) is 1. The first-order valence-corrected chi connectivity index (χ1v) is 8.31. The Labute approximate surface area is 151 Å². The highest BCUT2D eigenvalue weighted by molar-refractivity contribution is 6.37. The molecule has 2 aromatic carbocycles. The molecule has 24 heavy (non-hydrogen) atoms. The van der Waals surface area contributed by atoms with E-state index in [1.54, 1.807) is 0 Å². The molecule has 128 valence electrons. The Balaban J connectivity index is 1.92. The summed E-state index contributed by atoms with van der Waals surface area (Å²) in [6.07, 6.45) is 0.700. The van der Waals surface area contributed by atoms with Crippen LogP contribution < -0.4 is 10.1 Å². The predicted molar refractivity (Wildman–Crippen MR) is 97.9 cm³/mol. The van der Waals surface area contributed by atoms with Gasteiger partial charge in [-0.1, -0.05) is 41.4 Å². The number of hydrogen-bond donors (Lipinski definition) is 2. The highest BCUT2D eigenvalue weighted by Crippen LogP contribution is 2.30. The van der Waals surface area contributed by atoms with Crippen molar-refractivity contribution in [1.82, 2.24) is 0 Å². The smallest absolute Gasteiger partial charge is 0.337 e. The van der Waals surface area contributed by atoms with Gasteiger partial charge in [0.15, 0.2) is 0 Å². The van der Waals surface area contributed by atoms with E-state index < -0.39 is 5.97 Å². The van der Waals surface area contributed by atoms with Gasteiger partial charge in [-0.15, -0.1) is 0 Å². The van der Waals surface area contributed by atoms with E-state index in [9.17, 15) is 9.90 Å². The Kier molecular flexibility index (Phi) is 6.35. The van der Waals surface area contributed by atoms with Crippen LogP contribution in [0.1, 0.15) is 27.9 Å². The van der Waals surface area contributed by atoms with Gasteiger partial charge in [-0.25, -0.2) is 4.79 Å². The maximum absolute atomic E-state index is 11.3. The van der Waals surface area contributed by atoms with E-state index in [0.717, 1.165) is 16.9 Å². The van der Waals surface area contributed by atoms with Crippen LogP contribution in [0, 0.1) is 13.8 Å². The van der Waals surface area contributed by atoms with Crippen LogP contribution in [-0.4, -0.2) is 24.2 Å². The largest absolute Gasteiger partial charge is 0.493 e. The van der Waals surface area contributed by atoms with Gasteiger partial charge in [0.05, 0.1) is 22.9 Å². The number of hydrogen-bond acceptors (Lipinski definition) is 3. The van der Waals surface area contributed by atoms with Gasteiger partial charge in [0.25, 0.3) is 0 Å². The number of halogens is 2. The van der Waals surface area contributed by atoms with Gasteiger partial charge in [-0.05, 0) is 43.5 Å². The number of nitrogens with one attached hydrogen (secondary N) is 1. The van der Waals surface area contributed by atoms with Gasteiger partial charge in [-0.2, -0.15) is 0 Å². The average molecular weight is 368 g/mol. The lowest BCUT2D eigenvalue weighted by Gasteiger charge is -2.14. The van der Waals surface area contributed by atoms with E-state index in [0.29, 0.717) is 30.3 Å². The zero-order valence-electron chi connectivity index (χ0n) is 13.5. The van der Waals surface area contributed by atoms with Crippen LogP contribution in [-0.2, 0) is 0 Å². The summed E-state index contributed by atoms with van der Waals surface area (Å²) in [6.45, 7) is 5.07. The first-order chi connectivity index (χ1) is 11.4. The molecule has 6 heteroatoms. The van der Waals surface area contributed by atoms with Gasteiger partial charge in [-0.3, -0.25) is 0 Å². The minimum atomic E-state index is -1.08. The van der Waals surface area contributed by atoms with Crippen molar-refractivity contribution < 1.29 is 14.6 Å². The van der Waals surface area contributed by atoms with Gasteiger partial charge in [0, 0.05) is 11.6 Å². The number of rotatable bonds is 7. The van der Waals surface area contributed by atoms with E-state index in [2.05, 4.69) is 5.32 Å². The van der Waals surface area contributed by atoms with Gasteiger partial charge >= 0.3 is 5.97 Å². The number of aryl methyl sites for hydroxylation is 2. The van der Waals surface area contributed by atoms with Gasteiger partial charge in [0.2, 0.25) is 0 Å². The van der Waals surface area contributed by atoms with Crippen LogP contribution in [0.5, 0.6) is 5.75 Å². The molecule has 0 heterocycles. The van der Waals surface area contributed by atoms with Crippen LogP contribution >= 0.6 is 23.2 Å². The third kappa shape index (κ3) is 4.56. The highest BCUT2D eigenvalue weighted by atomic mass is 35.5. The minimum absolute atomic E-state index is 0.0585. The lowest BCUT2D eigenvalue weighted by Crippen LogP contribution is -2.11. The molecular formula is C18H19Cl2NO3. The molecule has 0 aromatic heterocycles. The maximum atomic E-state index is 11.3. The van der Waals surface area contributed by atoms with Crippen LogP contribution in [0.3, 0.4) is 0 Å². The Bertz CT molecular complexity index is 727. The summed E-state index contributed by atoms with van der Waals surface area (Å²) < 4.78 is 5.82. The second kappa shape index (κ2) is 8.27. The Morgan fingerprint density at radius 2 is 1.88 bits per heavy atom. The molecule has 0 spiro atoms. The molecule has 0 aliphatic carbocycles. The molecular weight excluding hydrogens is 349 g/mol. The summed E-state index contributed by atoms with van der Waals surface area (Å²) in [4.78, 5) is 11.3. The maximum Gasteiger partial charge on any atom is 0.337 e. The van der Waals surface area contributed by atoms with Gasteiger partial charge in [0.1, 0.15) is 5.75 Å². The molecule has 0 bridgehead atoms. The topological polar surface area (TPSA) is 58.6 Å². The number of aromatic carboxylic acids is 1. The van der Waals surface area contributed by atoms with E-state index in [1.165, 1.54) is 12.1 Å². The molecule has 0 saturated heterocycles. The Hall–Kier alpha value is -1.91. The summed E-state index contributed by atoms with van der Waals surface area (Å²) in [5.41, 5.74) is 2.62. The third-order valence-corrected chi connectivity index (χ3v) is 4.08. The normalized spacial score (nSPS) is 10.5. The molecule has 0 saturated carbocycles. The molecule has 2 N–H and O–H groups in total. The van der Waals surface area contributed by atoms with Crippen molar-refractivity contribution in [2.24, 2.45) is 0 Å². The van der Waals surface area contributed by atoms with Crippen LogP contribution in [0.25, 0.3) is 0 Å². The van der Waals surface area contributed by atoms with Crippen molar-refractivity contribution >= 4 is 34.9 Å². The summed E-state index contributed by atoms with van der Waals surface area (Å²) >= 11 is 11.9. The fourth-order valence-electron chi connectivity index (χ4n) is 2.41. The molecule has 0 unspecified atom stereocenters. The quantitative estimate of drug-likeness (QED) is 0.661. The van der Waals surface area contributed by atoms with Crippen molar-refractivity contribution in [3.8, 4) is 5.75 Å². The molecule has 0 atom stereocenters. The fraction of sp³-hybridized carbons (Fsp3) is 0.278. The Morgan fingerprint density at radius 1 is 1.21 bits per heavy atom. The summed E-state index contributed by atoms with van der Waals surface area (Å²) in [5.74, 6) is -0.179. The monoisotopic (exact) mass is 367 g/mol. The first-order valence-electron chi connectivity index (χ1n) is 7.55. The molecule has 0 amide bonds. The number of para-hydroxylation sites is 1.